The van der Waals surface area contributed by atoms with Gasteiger partial charge in [0.15, 0.2) is 0 Å². The van der Waals surface area contributed by atoms with Crippen LogP contribution in [0.2, 0.25) is 0 Å². The summed E-state index contributed by atoms with van der Waals surface area (Å²) in [6, 6.07) is 4.43. The zero-order valence-corrected chi connectivity index (χ0v) is 18.2. The molecular weight excluding hydrogens is 466 g/mol. The molecule has 34 heavy (non-hydrogen) atoms. The van der Waals surface area contributed by atoms with E-state index in [0.717, 1.165) is 0 Å². The topological polar surface area (TPSA) is 137 Å². The van der Waals surface area contributed by atoms with Crippen LogP contribution in [0, 0.1) is 0 Å². The Bertz CT molecular complexity index is 910. The molecule has 1 amide bonds. The van der Waals surface area contributed by atoms with E-state index >= 15 is 0 Å². The van der Waals surface area contributed by atoms with Crippen LogP contribution in [0.25, 0.3) is 0 Å². The normalized spacial score (nSPS) is 15.0. The first-order chi connectivity index (χ1) is 16.0. The van der Waals surface area contributed by atoms with Crippen LogP contribution in [0.5, 0.6) is 5.75 Å². The van der Waals surface area contributed by atoms with E-state index in [4.69, 9.17) is 14.1 Å². The molecule has 0 aromatic heterocycles. The first-order valence-electron chi connectivity index (χ1n) is 10.2. The molecule has 0 saturated heterocycles. The van der Waals surface area contributed by atoms with Gasteiger partial charge in [0.05, 0.1) is 25.9 Å². The van der Waals surface area contributed by atoms with Gasteiger partial charge in [-0.1, -0.05) is 12.1 Å². The molecule has 2 N–H and O–H groups in total. The Labute approximate surface area is 192 Å². The summed E-state index contributed by atoms with van der Waals surface area (Å²) >= 11 is 0. The minimum atomic E-state index is -4.36. The van der Waals surface area contributed by atoms with Gasteiger partial charge in [0.1, 0.15) is 11.3 Å². The van der Waals surface area contributed by atoms with E-state index in [1.54, 1.807) is 6.07 Å². The number of hydrogen-bond donors (Lipinski definition) is 2. The minimum absolute atomic E-state index is 0.000381. The van der Waals surface area contributed by atoms with Crippen molar-refractivity contribution in [2.45, 2.75) is 50.6 Å². The van der Waals surface area contributed by atoms with Gasteiger partial charge >= 0.3 is 31.2 Å². The number of amides is 1. The summed E-state index contributed by atoms with van der Waals surface area (Å²) in [5, 5.41) is 12.6. The van der Waals surface area contributed by atoms with Crippen LogP contribution in [-0.4, -0.2) is 62.0 Å². The molecule has 0 unspecified atom stereocenters. The van der Waals surface area contributed by atoms with Crippen molar-refractivity contribution in [3.63, 3.8) is 0 Å². The molecule has 1 aromatic rings. The summed E-state index contributed by atoms with van der Waals surface area (Å²) in [6.07, 6.45) is -6.63. The van der Waals surface area contributed by atoms with Crippen LogP contribution >= 0.6 is 0 Å². The highest BCUT2D eigenvalue weighted by molar-refractivity contribution is 6.47. The van der Waals surface area contributed by atoms with Gasteiger partial charge in [0.25, 0.3) is 0 Å². The smallest absolute Gasteiger partial charge is 0.534 e. The first-order valence-corrected chi connectivity index (χ1v) is 10.2. The predicted octanol–water partition coefficient (Wildman–Crippen LogP) is 1.47. The molecule has 2 rings (SSSR count). The second-order valence-corrected chi connectivity index (χ2v) is 7.29. The lowest BCUT2D eigenvalue weighted by Crippen LogP contribution is -2.53. The van der Waals surface area contributed by atoms with Crippen molar-refractivity contribution < 1.29 is 56.2 Å². The van der Waals surface area contributed by atoms with E-state index in [1.807, 2.05) is 0 Å². The van der Waals surface area contributed by atoms with Gasteiger partial charge in [-0.25, -0.2) is 4.79 Å². The highest BCUT2D eigenvalue weighted by Gasteiger charge is 2.38. The monoisotopic (exact) mass is 489 g/mol. The number of hydrogen-bond acceptors (Lipinski definition) is 9. The molecule has 0 bridgehead atoms. The maximum absolute atomic E-state index is 12.4. The molecule has 186 valence electrons. The maximum atomic E-state index is 12.4. The van der Waals surface area contributed by atoms with Crippen molar-refractivity contribution in [2.75, 3.05) is 13.9 Å². The molecule has 1 aliphatic heterocycles. The summed E-state index contributed by atoms with van der Waals surface area (Å²) < 4.78 is 56.0. The van der Waals surface area contributed by atoms with E-state index in [2.05, 4.69) is 10.1 Å². The van der Waals surface area contributed by atoms with Crippen molar-refractivity contribution in [3.05, 3.63) is 29.3 Å². The number of ether oxygens (including phenoxy) is 3. The van der Waals surface area contributed by atoms with Crippen LogP contribution < -0.4 is 9.97 Å². The van der Waals surface area contributed by atoms with Crippen molar-refractivity contribution >= 4 is 30.9 Å². The van der Waals surface area contributed by atoms with Crippen molar-refractivity contribution in [3.8, 4) is 5.75 Å². The number of para-hydroxylation sites is 1. The van der Waals surface area contributed by atoms with Crippen molar-refractivity contribution in [1.82, 2.24) is 5.32 Å². The van der Waals surface area contributed by atoms with Gasteiger partial charge < -0.3 is 29.2 Å². The average Bonchev–Trinajstić information content (AvgIpc) is 2.76. The molecular formula is C20H23BF3NO9. The Balaban J connectivity index is 1.89. The lowest BCUT2D eigenvalue weighted by Gasteiger charge is -2.29. The Kier molecular flexibility index (Phi) is 9.72. The van der Waals surface area contributed by atoms with Crippen LogP contribution in [0.3, 0.4) is 0 Å². The molecule has 10 nitrogen and oxygen atoms in total. The molecule has 1 heterocycles. The van der Waals surface area contributed by atoms with E-state index in [9.17, 15) is 37.4 Å². The fraction of sp³-hybridized carbons (Fsp3) is 0.500. The lowest BCUT2D eigenvalue weighted by atomic mass is 9.72. The third-order valence-electron chi connectivity index (χ3n) is 4.72. The van der Waals surface area contributed by atoms with Gasteiger partial charge in [-0.2, -0.15) is 13.2 Å². The SMILES string of the molecule is COC(=O)CCC(=O)OCOC(=O)c1cccc2c1OB(O)[C@@H](NC(=O)CCCC(F)(F)F)C2. The number of benzene rings is 1. The van der Waals surface area contributed by atoms with Gasteiger partial charge in [-0.05, 0) is 24.5 Å². The minimum Gasteiger partial charge on any atom is -0.534 e. The summed E-state index contributed by atoms with van der Waals surface area (Å²) in [5.41, 5.74) is 0.368. The molecule has 0 radical (unpaired) electrons. The highest BCUT2D eigenvalue weighted by atomic mass is 19.4. The third-order valence-corrected chi connectivity index (χ3v) is 4.72. The van der Waals surface area contributed by atoms with Gasteiger partial charge in [-0.15, -0.1) is 0 Å². The Hall–Kier alpha value is -3.29. The van der Waals surface area contributed by atoms with E-state index < -0.39 is 62.7 Å². The fourth-order valence-electron chi connectivity index (χ4n) is 3.04. The van der Waals surface area contributed by atoms with Crippen LogP contribution in [-0.2, 0) is 35.0 Å². The number of alkyl halides is 3. The number of carbonyl (C=O) groups is 4. The number of halogens is 3. The molecule has 0 spiro atoms. The summed E-state index contributed by atoms with van der Waals surface area (Å²) in [6.45, 7) is -0.721. The highest BCUT2D eigenvalue weighted by Crippen LogP contribution is 2.31. The van der Waals surface area contributed by atoms with Gasteiger partial charge in [0, 0.05) is 12.8 Å². The van der Waals surface area contributed by atoms with E-state index in [0.29, 0.717) is 5.56 Å². The zero-order chi connectivity index (χ0) is 25.3. The molecule has 14 heteroatoms. The number of methoxy groups -OCH3 is 1. The summed E-state index contributed by atoms with van der Waals surface area (Å²) in [5.74, 6) is -3.91. The maximum Gasteiger partial charge on any atom is 0.547 e. The van der Waals surface area contributed by atoms with Crippen LogP contribution in [0.15, 0.2) is 18.2 Å². The fourth-order valence-corrected chi connectivity index (χ4v) is 3.04. The lowest BCUT2D eigenvalue weighted by molar-refractivity contribution is -0.155. The Morgan fingerprint density at radius 3 is 2.53 bits per heavy atom. The number of fused-ring (bicyclic) bond motifs is 1. The summed E-state index contributed by atoms with van der Waals surface area (Å²) in [7, 11) is -0.395. The number of esters is 3. The zero-order valence-electron chi connectivity index (χ0n) is 18.2. The molecule has 1 aromatic carbocycles. The molecule has 1 atom stereocenters. The molecule has 0 saturated carbocycles. The van der Waals surface area contributed by atoms with Crippen molar-refractivity contribution in [2.24, 2.45) is 0 Å². The standard InChI is InChI=1S/C20H23BF3NO9/c1-31-16(27)7-8-17(28)32-11-33-19(29)13-5-2-4-12-10-14(21(30)34-18(12)13)25-15(26)6-3-9-20(22,23)24/h2,4-5,14,30H,3,6-11H2,1H3,(H,25,26)/t14-/m0/s1. The third kappa shape index (κ3) is 8.58. The average molecular weight is 489 g/mol. The second-order valence-electron chi connectivity index (χ2n) is 7.29. The molecule has 1 aliphatic rings. The first kappa shape index (κ1) is 27.0. The predicted molar refractivity (Wildman–Crippen MR) is 108 cm³/mol. The summed E-state index contributed by atoms with van der Waals surface area (Å²) in [4.78, 5) is 46.8. The van der Waals surface area contributed by atoms with E-state index in [1.165, 1.54) is 19.2 Å². The quantitative estimate of drug-likeness (QED) is 0.284. The number of carbonyl (C=O) groups excluding carboxylic acids is 4. The number of nitrogens with one attached hydrogen (secondary N) is 1. The largest absolute Gasteiger partial charge is 0.547 e. The van der Waals surface area contributed by atoms with Crippen molar-refractivity contribution in [1.29, 1.82) is 0 Å². The number of rotatable bonds is 10. The second kappa shape index (κ2) is 12.3. The van der Waals surface area contributed by atoms with Gasteiger partial charge in [-0.3, -0.25) is 14.4 Å². The van der Waals surface area contributed by atoms with Crippen LogP contribution in [0.4, 0.5) is 13.2 Å². The Morgan fingerprint density at radius 2 is 1.85 bits per heavy atom. The molecule has 0 aliphatic carbocycles. The van der Waals surface area contributed by atoms with Gasteiger partial charge in [0.2, 0.25) is 12.7 Å². The Morgan fingerprint density at radius 1 is 1.15 bits per heavy atom. The van der Waals surface area contributed by atoms with E-state index in [-0.39, 0.29) is 37.0 Å². The molecule has 0 fully saturated rings. The van der Waals surface area contributed by atoms with Crippen LogP contribution in [0.1, 0.15) is 48.0 Å².